The van der Waals surface area contributed by atoms with Gasteiger partial charge in [0, 0.05) is 16.9 Å². The summed E-state index contributed by atoms with van der Waals surface area (Å²) in [5, 5.41) is 12.7. The highest BCUT2D eigenvalue weighted by Crippen LogP contribution is 2.25. The third-order valence-corrected chi connectivity index (χ3v) is 4.19. The molecule has 0 saturated carbocycles. The van der Waals surface area contributed by atoms with Crippen molar-refractivity contribution in [2.24, 2.45) is 0 Å². The molecule has 0 aliphatic heterocycles. The van der Waals surface area contributed by atoms with Gasteiger partial charge in [0.15, 0.2) is 0 Å². The molecule has 2 aromatic rings. The van der Waals surface area contributed by atoms with Gasteiger partial charge in [-0.25, -0.2) is 0 Å². The van der Waals surface area contributed by atoms with Gasteiger partial charge in [-0.1, -0.05) is 40.2 Å². The lowest BCUT2D eigenvalue weighted by Gasteiger charge is -2.23. The molecule has 0 aromatic heterocycles. The highest BCUT2D eigenvalue weighted by molar-refractivity contribution is 9.09. The predicted octanol–water partition coefficient (Wildman–Crippen LogP) is 2.82. The third kappa shape index (κ3) is 5.82. The fourth-order valence-corrected chi connectivity index (χ4v) is 2.67. The Morgan fingerprint density at radius 1 is 1.15 bits per heavy atom. The van der Waals surface area contributed by atoms with Crippen LogP contribution in [0.25, 0.3) is 0 Å². The number of esters is 1. The Bertz CT molecular complexity index is 840. The molecule has 0 fully saturated rings. The molecule has 2 rings (SSSR count). The third-order valence-electron chi connectivity index (χ3n) is 3.71. The molecule has 0 saturated heterocycles. The van der Waals surface area contributed by atoms with Crippen LogP contribution in [0.2, 0.25) is 0 Å². The molecule has 0 atom stereocenters. The second-order valence-electron chi connectivity index (χ2n) is 5.59. The number of aromatic hydroxyl groups is 1. The summed E-state index contributed by atoms with van der Waals surface area (Å²) < 4.78 is 4.46. The van der Waals surface area contributed by atoms with E-state index in [4.69, 9.17) is 0 Å². The van der Waals surface area contributed by atoms with Crippen LogP contribution in [0, 0.1) is 0 Å². The predicted molar refractivity (Wildman–Crippen MR) is 105 cm³/mol. The summed E-state index contributed by atoms with van der Waals surface area (Å²) in [4.78, 5) is 36.9. The van der Waals surface area contributed by atoms with Crippen molar-refractivity contribution in [2.75, 3.05) is 22.7 Å². The van der Waals surface area contributed by atoms with E-state index in [0.29, 0.717) is 16.9 Å². The average molecular weight is 435 g/mol. The molecule has 2 amide bonds. The van der Waals surface area contributed by atoms with Crippen molar-refractivity contribution in [3.63, 3.8) is 0 Å². The van der Waals surface area contributed by atoms with Gasteiger partial charge in [-0.2, -0.15) is 0 Å². The number of phenolic OH excluding ortho intramolecular Hbond substituents is 1. The van der Waals surface area contributed by atoms with Crippen LogP contribution in [0.4, 0.5) is 11.4 Å². The van der Waals surface area contributed by atoms with Crippen molar-refractivity contribution in [3.8, 4) is 5.75 Å². The summed E-state index contributed by atoms with van der Waals surface area (Å²) in [6.45, 7) is 0.163. The Hall–Kier alpha value is -2.87. The largest absolute Gasteiger partial charge is 0.508 e. The number of halogens is 1. The number of anilines is 2. The van der Waals surface area contributed by atoms with Crippen molar-refractivity contribution >= 4 is 45.1 Å². The molecule has 0 aliphatic rings. The van der Waals surface area contributed by atoms with Crippen molar-refractivity contribution in [1.29, 1.82) is 0 Å². The topological polar surface area (TPSA) is 95.9 Å². The lowest BCUT2D eigenvalue weighted by atomic mass is 10.1. The molecule has 0 radical (unpaired) electrons. The van der Waals surface area contributed by atoms with E-state index in [-0.39, 0.29) is 23.5 Å². The first-order chi connectivity index (χ1) is 12.9. The molecule has 0 unspecified atom stereocenters. The van der Waals surface area contributed by atoms with Gasteiger partial charge in [0.2, 0.25) is 11.8 Å². The summed E-state index contributed by atoms with van der Waals surface area (Å²) in [7, 11) is 1.21. The van der Waals surface area contributed by atoms with Crippen molar-refractivity contribution in [3.05, 3.63) is 54.1 Å². The molecule has 0 aliphatic carbocycles. The Morgan fingerprint density at radius 2 is 1.89 bits per heavy atom. The number of hydrogen-bond acceptors (Lipinski definition) is 5. The van der Waals surface area contributed by atoms with Crippen molar-refractivity contribution in [2.45, 2.75) is 13.0 Å². The van der Waals surface area contributed by atoms with Crippen LogP contribution in [0.15, 0.2) is 48.5 Å². The molecule has 8 heteroatoms. The first-order valence-corrected chi connectivity index (χ1v) is 9.16. The smallest absolute Gasteiger partial charge is 0.315 e. The SMILES string of the molecule is COC(=O)CC(=O)Nc1cccc(N(Cc2ccccc2O)C(=O)CBr)c1. The number of rotatable bonds is 7. The van der Waals surface area contributed by atoms with Crippen molar-refractivity contribution < 1.29 is 24.2 Å². The Kier molecular flexibility index (Phi) is 7.36. The first-order valence-electron chi connectivity index (χ1n) is 8.04. The monoisotopic (exact) mass is 434 g/mol. The maximum Gasteiger partial charge on any atom is 0.315 e. The van der Waals surface area contributed by atoms with Crippen LogP contribution < -0.4 is 10.2 Å². The highest BCUT2D eigenvalue weighted by atomic mass is 79.9. The second-order valence-corrected chi connectivity index (χ2v) is 6.15. The van der Waals surface area contributed by atoms with Crippen LogP contribution in [0.1, 0.15) is 12.0 Å². The van der Waals surface area contributed by atoms with E-state index in [0.717, 1.165) is 0 Å². The number of carbonyl (C=O) groups excluding carboxylic acids is 3. The molecular formula is C19H19BrN2O5. The highest BCUT2D eigenvalue weighted by Gasteiger charge is 2.18. The molecule has 2 N–H and O–H groups in total. The van der Waals surface area contributed by atoms with E-state index in [9.17, 15) is 19.5 Å². The van der Waals surface area contributed by atoms with Gasteiger partial charge in [-0.3, -0.25) is 14.4 Å². The van der Waals surface area contributed by atoms with E-state index in [2.05, 4.69) is 26.0 Å². The van der Waals surface area contributed by atoms with Gasteiger partial charge in [0.05, 0.1) is 19.0 Å². The number of nitrogens with one attached hydrogen (secondary N) is 1. The summed E-state index contributed by atoms with van der Waals surface area (Å²) in [5.41, 5.74) is 1.57. The summed E-state index contributed by atoms with van der Waals surface area (Å²) in [6.07, 6.45) is -0.400. The normalized spacial score (nSPS) is 10.1. The number of amides is 2. The zero-order valence-electron chi connectivity index (χ0n) is 14.6. The number of nitrogens with zero attached hydrogens (tertiary/aromatic N) is 1. The lowest BCUT2D eigenvalue weighted by Crippen LogP contribution is -2.31. The molecule has 0 heterocycles. The van der Waals surface area contributed by atoms with Gasteiger partial charge in [-0.15, -0.1) is 0 Å². The van der Waals surface area contributed by atoms with E-state index < -0.39 is 18.3 Å². The Balaban J connectivity index is 2.23. The average Bonchev–Trinajstić information content (AvgIpc) is 2.66. The number of benzene rings is 2. The molecule has 142 valence electrons. The van der Waals surface area contributed by atoms with Crippen molar-refractivity contribution in [1.82, 2.24) is 0 Å². The van der Waals surface area contributed by atoms with Crippen LogP contribution >= 0.6 is 15.9 Å². The van der Waals surface area contributed by atoms with E-state index in [1.165, 1.54) is 12.0 Å². The van der Waals surface area contributed by atoms with E-state index >= 15 is 0 Å². The lowest BCUT2D eigenvalue weighted by molar-refractivity contribution is -0.142. The minimum atomic E-state index is -0.640. The summed E-state index contributed by atoms with van der Waals surface area (Å²) in [6, 6.07) is 13.4. The van der Waals surface area contributed by atoms with Crippen LogP contribution in [0.3, 0.4) is 0 Å². The maximum atomic E-state index is 12.4. The summed E-state index contributed by atoms with van der Waals surface area (Å²) >= 11 is 3.16. The second kappa shape index (κ2) is 9.72. The van der Waals surface area contributed by atoms with Gasteiger partial charge in [0.25, 0.3) is 0 Å². The molecule has 2 aromatic carbocycles. The number of para-hydroxylation sites is 1. The molecule has 0 bridgehead atoms. The number of methoxy groups -OCH3 is 1. The van der Waals surface area contributed by atoms with Gasteiger partial charge >= 0.3 is 5.97 Å². The number of hydrogen-bond donors (Lipinski definition) is 2. The molecule has 7 nitrogen and oxygen atoms in total. The number of phenols is 1. The van der Waals surface area contributed by atoms with E-state index in [1.807, 2.05) is 0 Å². The molecular weight excluding hydrogens is 416 g/mol. The minimum Gasteiger partial charge on any atom is -0.508 e. The van der Waals surface area contributed by atoms with Crippen LogP contribution in [-0.4, -0.2) is 35.3 Å². The van der Waals surface area contributed by atoms with Crippen LogP contribution in [0.5, 0.6) is 5.75 Å². The first kappa shape index (κ1) is 20.4. The number of carbonyl (C=O) groups is 3. The molecule has 0 spiro atoms. The quantitative estimate of drug-likeness (QED) is 0.396. The van der Waals surface area contributed by atoms with Crippen LogP contribution in [-0.2, 0) is 25.7 Å². The Labute approximate surface area is 165 Å². The van der Waals surface area contributed by atoms with E-state index in [1.54, 1.807) is 48.5 Å². The van der Waals surface area contributed by atoms with Gasteiger partial charge < -0.3 is 20.1 Å². The Morgan fingerprint density at radius 3 is 2.56 bits per heavy atom. The molecule has 27 heavy (non-hydrogen) atoms. The summed E-state index contributed by atoms with van der Waals surface area (Å²) in [5.74, 6) is -1.28. The zero-order chi connectivity index (χ0) is 19.8. The van der Waals surface area contributed by atoms with Gasteiger partial charge in [0.1, 0.15) is 12.2 Å². The fourth-order valence-electron chi connectivity index (χ4n) is 2.37. The standard InChI is InChI=1S/C19H19BrN2O5/c1-27-19(26)10-17(24)21-14-6-4-7-15(9-14)22(18(25)11-20)12-13-5-2-3-8-16(13)23/h2-9,23H,10-12H2,1H3,(H,21,24). The fraction of sp³-hybridized carbons (Fsp3) is 0.211. The zero-order valence-corrected chi connectivity index (χ0v) is 16.2. The minimum absolute atomic E-state index is 0.0902. The number of ether oxygens (including phenoxy) is 1. The number of alkyl halides is 1. The maximum absolute atomic E-state index is 12.4. The van der Waals surface area contributed by atoms with Gasteiger partial charge in [-0.05, 0) is 24.3 Å².